The number of nitrogens with zero attached hydrogens (tertiary/aromatic N) is 2. The summed E-state index contributed by atoms with van der Waals surface area (Å²) in [7, 11) is 1.72. The summed E-state index contributed by atoms with van der Waals surface area (Å²) in [6.07, 6.45) is 0. The van der Waals surface area contributed by atoms with Crippen molar-refractivity contribution >= 4 is 34.7 Å². The van der Waals surface area contributed by atoms with Gasteiger partial charge in [-0.15, -0.1) is 12.4 Å². The zero-order chi connectivity index (χ0) is 11.7. The van der Waals surface area contributed by atoms with Gasteiger partial charge in [0.05, 0.1) is 16.5 Å². The number of nitro groups is 1. The zero-order valence-corrected chi connectivity index (χ0v) is 10.7. The van der Waals surface area contributed by atoms with E-state index in [1.165, 1.54) is 11.4 Å². The Morgan fingerprint density at radius 2 is 2.29 bits per heavy atom. The molecule has 1 aromatic heterocycles. The van der Waals surface area contributed by atoms with E-state index in [0.29, 0.717) is 5.56 Å². The van der Waals surface area contributed by atoms with Crippen molar-refractivity contribution in [1.29, 1.82) is 0 Å². The van der Waals surface area contributed by atoms with E-state index >= 15 is 0 Å². The first-order valence-electron chi connectivity index (χ1n) is 4.80. The zero-order valence-electron chi connectivity index (χ0n) is 9.08. The minimum absolute atomic E-state index is 0. The van der Waals surface area contributed by atoms with Crippen molar-refractivity contribution in [3.63, 3.8) is 0 Å². The number of halogens is 1. The predicted octanol–water partition coefficient (Wildman–Crippen LogP) is 1.12. The molecular weight excluding hydrogens is 266 g/mol. The van der Waals surface area contributed by atoms with Crippen LogP contribution < -0.4 is 5.32 Å². The molecule has 1 aliphatic heterocycles. The fraction of sp³-hybridized carbons (Fsp3) is 0.444. The van der Waals surface area contributed by atoms with Gasteiger partial charge in [0.1, 0.15) is 0 Å². The van der Waals surface area contributed by atoms with Crippen LogP contribution in [0.2, 0.25) is 0 Å². The van der Waals surface area contributed by atoms with Gasteiger partial charge in [0.2, 0.25) is 0 Å². The molecule has 1 N–H and O–H groups in total. The molecule has 1 amide bonds. The van der Waals surface area contributed by atoms with Crippen LogP contribution in [0.4, 0.5) is 5.00 Å². The van der Waals surface area contributed by atoms with Crippen molar-refractivity contribution in [2.45, 2.75) is 6.04 Å². The lowest BCUT2D eigenvalue weighted by Crippen LogP contribution is -2.57. The molecule has 0 unspecified atom stereocenters. The van der Waals surface area contributed by atoms with Crippen molar-refractivity contribution < 1.29 is 9.72 Å². The lowest BCUT2D eigenvalue weighted by Gasteiger charge is -2.35. The number of thiophene rings is 1. The van der Waals surface area contributed by atoms with Crippen LogP contribution in [-0.2, 0) is 0 Å². The second-order valence-electron chi connectivity index (χ2n) is 3.66. The van der Waals surface area contributed by atoms with Crippen LogP contribution in [0.25, 0.3) is 0 Å². The molecule has 2 heterocycles. The van der Waals surface area contributed by atoms with E-state index in [-0.39, 0.29) is 29.4 Å². The second-order valence-corrected chi connectivity index (χ2v) is 4.55. The Balaban J connectivity index is 0.00000144. The first kappa shape index (κ1) is 13.9. The van der Waals surface area contributed by atoms with E-state index in [2.05, 4.69) is 5.32 Å². The van der Waals surface area contributed by atoms with Crippen LogP contribution in [0.1, 0.15) is 10.4 Å². The third-order valence-corrected chi connectivity index (χ3v) is 3.52. The second kappa shape index (κ2) is 5.44. The minimum Gasteiger partial charge on any atom is -0.336 e. The molecule has 94 valence electrons. The molecule has 0 aliphatic carbocycles. The van der Waals surface area contributed by atoms with Crippen molar-refractivity contribution in [2.75, 3.05) is 20.1 Å². The van der Waals surface area contributed by atoms with Gasteiger partial charge < -0.3 is 10.2 Å². The van der Waals surface area contributed by atoms with Gasteiger partial charge in [-0.2, -0.15) is 0 Å². The van der Waals surface area contributed by atoms with Crippen LogP contribution in [0.3, 0.4) is 0 Å². The maximum Gasteiger partial charge on any atom is 0.324 e. The highest BCUT2D eigenvalue weighted by Gasteiger charge is 2.27. The smallest absolute Gasteiger partial charge is 0.324 e. The lowest BCUT2D eigenvalue weighted by molar-refractivity contribution is -0.380. The lowest BCUT2D eigenvalue weighted by atomic mass is 10.1. The van der Waals surface area contributed by atoms with Gasteiger partial charge in [0.25, 0.3) is 5.91 Å². The molecule has 17 heavy (non-hydrogen) atoms. The van der Waals surface area contributed by atoms with Gasteiger partial charge in [-0.1, -0.05) is 11.3 Å². The van der Waals surface area contributed by atoms with Crippen molar-refractivity contribution in [3.8, 4) is 0 Å². The largest absolute Gasteiger partial charge is 0.336 e. The van der Waals surface area contributed by atoms with E-state index in [4.69, 9.17) is 0 Å². The monoisotopic (exact) mass is 277 g/mol. The fourth-order valence-electron chi connectivity index (χ4n) is 1.45. The predicted molar refractivity (Wildman–Crippen MR) is 67.0 cm³/mol. The van der Waals surface area contributed by atoms with Crippen LogP contribution in [0.15, 0.2) is 11.4 Å². The number of hydrogen-bond donors (Lipinski definition) is 1. The number of nitrogens with one attached hydrogen (secondary N) is 1. The van der Waals surface area contributed by atoms with E-state index in [0.717, 1.165) is 24.4 Å². The summed E-state index contributed by atoms with van der Waals surface area (Å²) < 4.78 is 0. The molecule has 0 saturated carbocycles. The maximum atomic E-state index is 11.9. The topological polar surface area (TPSA) is 75.5 Å². The first-order chi connectivity index (χ1) is 7.59. The molecule has 1 fully saturated rings. The van der Waals surface area contributed by atoms with Crippen molar-refractivity contribution in [1.82, 2.24) is 10.2 Å². The molecule has 6 nitrogen and oxygen atoms in total. The van der Waals surface area contributed by atoms with Crippen LogP contribution >= 0.6 is 23.7 Å². The minimum atomic E-state index is -0.480. The molecule has 1 aromatic rings. The molecular formula is C9H12ClN3O3S. The van der Waals surface area contributed by atoms with E-state index in [9.17, 15) is 14.9 Å². The van der Waals surface area contributed by atoms with Crippen LogP contribution in [0.5, 0.6) is 0 Å². The van der Waals surface area contributed by atoms with E-state index in [1.54, 1.807) is 11.9 Å². The Labute approximate surface area is 108 Å². The molecule has 0 aromatic carbocycles. The summed E-state index contributed by atoms with van der Waals surface area (Å²) in [6, 6.07) is 1.53. The Bertz CT molecular complexity index is 433. The molecule has 0 radical (unpaired) electrons. The number of carbonyl (C=O) groups excluding carboxylic acids is 1. The highest BCUT2D eigenvalue weighted by molar-refractivity contribution is 7.13. The normalized spacial score (nSPS) is 14.6. The van der Waals surface area contributed by atoms with E-state index < -0.39 is 4.92 Å². The Hall–Kier alpha value is -1.18. The maximum absolute atomic E-state index is 11.9. The molecule has 2 rings (SSSR count). The molecule has 1 saturated heterocycles. The molecule has 8 heteroatoms. The highest BCUT2D eigenvalue weighted by Crippen LogP contribution is 2.23. The quantitative estimate of drug-likeness (QED) is 0.664. The molecule has 0 spiro atoms. The van der Waals surface area contributed by atoms with Gasteiger partial charge in [-0.25, -0.2) is 0 Å². The van der Waals surface area contributed by atoms with Crippen molar-refractivity contribution in [3.05, 3.63) is 27.1 Å². The summed E-state index contributed by atoms with van der Waals surface area (Å²) in [4.78, 5) is 23.5. The number of carbonyl (C=O) groups is 1. The third kappa shape index (κ3) is 2.74. The first-order valence-corrected chi connectivity index (χ1v) is 5.68. The Morgan fingerprint density at radius 1 is 1.65 bits per heavy atom. The van der Waals surface area contributed by atoms with Crippen molar-refractivity contribution in [2.24, 2.45) is 0 Å². The molecule has 0 atom stereocenters. The summed E-state index contributed by atoms with van der Waals surface area (Å²) in [5, 5.41) is 15.1. The number of rotatable bonds is 3. The average Bonchev–Trinajstić information content (AvgIpc) is 2.62. The average molecular weight is 278 g/mol. The van der Waals surface area contributed by atoms with Gasteiger partial charge in [-0.3, -0.25) is 14.9 Å². The molecule has 1 aliphatic rings. The summed E-state index contributed by atoms with van der Waals surface area (Å²) in [6.45, 7) is 1.57. The standard InChI is InChI=1S/C9H11N3O3S.ClH/c1-11(7-3-10-4-7)9(13)6-2-8(12(14)15)16-5-6;/h2,5,7,10H,3-4H2,1H3;1H. The Kier molecular flexibility index (Phi) is 4.44. The van der Waals surface area contributed by atoms with E-state index in [1.807, 2.05) is 0 Å². The number of likely N-dealkylation sites (N-methyl/N-ethyl adjacent to an activating group) is 1. The Morgan fingerprint density at radius 3 is 2.71 bits per heavy atom. The number of hydrogen-bond acceptors (Lipinski definition) is 5. The summed E-state index contributed by atoms with van der Waals surface area (Å²) in [5.41, 5.74) is 0.395. The summed E-state index contributed by atoms with van der Waals surface area (Å²) >= 11 is 0.979. The van der Waals surface area contributed by atoms with Gasteiger partial charge in [-0.05, 0) is 0 Å². The highest BCUT2D eigenvalue weighted by atomic mass is 35.5. The van der Waals surface area contributed by atoms with Crippen LogP contribution in [0, 0.1) is 10.1 Å². The third-order valence-electron chi connectivity index (χ3n) is 2.64. The van der Waals surface area contributed by atoms with Gasteiger partial charge in [0, 0.05) is 31.6 Å². The van der Waals surface area contributed by atoms with Gasteiger partial charge in [0.15, 0.2) is 0 Å². The fourth-order valence-corrected chi connectivity index (χ4v) is 2.15. The SMILES string of the molecule is CN(C(=O)c1csc([N+](=O)[O-])c1)C1CNC1.Cl. The van der Waals surface area contributed by atoms with Gasteiger partial charge >= 0.3 is 5.00 Å². The molecule has 0 bridgehead atoms. The summed E-state index contributed by atoms with van der Waals surface area (Å²) in [5.74, 6) is -0.157. The van der Waals surface area contributed by atoms with Crippen LogP contribution in [-0.4, -0.2) is 41.9 Å². The number of amides is 1.